The average molecular weight is 1220 g/mol. The van der Waals surface area contributed by atoms with Crippen LogP contribution in [-0.2, 0) is 10.4 Å². The maximum Gasteiger partial charge on any atom is 0.394 e. The first kappa shape index (κ1) is 63.3. The fraction of sp³-hybridized carbons (Fsp3) is 0.100. The monoisotopic (exact) mass is 1220 g/mol. The zero-order chi connectivity index (χ0) is 63.7. The highest BCUT2D eigenvalue weighted by atomic mass is 32.3. The Kier molecular flexibility index (Phi) is 20.9. The molecule has 0 aliphatic heterocycles. The molecule has 0 bridgehead atoms. The standard InChI is InChI=1S/2C40H37N3.H2O4S/c2*1-28-7-4-10-37(25-28)41-34-19-13-31(14-20-34)40(32-15-21-35(22-16-32)42-38-11-5-8-29(2)26-38)33-17-23-36(24-18-33)43-39-12-6-9-30(3)27-39;1-5(2,3)4/h2*4-27,40-43H,1-3H3;(H2,1,2,3,4). The summed E-state index contributed by atoms with van der Waals surface area (Å²) in [5, 5.41) is 21.3. The van der Waals surface area contributed by atoms with Gasteiger partial charge in [-0.25, -0.2) is 0 Å². The zero-order valence-corrected chi connectivity index (χ0v) is 52.8. The Hall–Kier alpha value is -10.7. The summed E-state index contributed by atoms with van der Waals surface area (Å²) in [7, 11) is -4.67. The summed E-state index contributed by atoms with van der Waals surface area (Å²) in [5.74, 6) is 0.183. The molecule has 0 aliphatic rings. The summed E-state index contributed by atoms with van der Waals surface area (Å²) < 4.78 is 31.6. The van der Waals surface area contributed by atoms with Crippen LogP contribution < -0.4 is 31.9 Å². The van der Waals surface area contributed by atoms with Crippen molar-refractivity contribution in [3.8, 4) is 0 Å². The van der Waals surface area contributed by atoms with E-state index in [1.165, 1.54) is 66.8 Å². The van der Waals surface area contributed by atoms with Crippen molar-refractivity contribution in [2.75, 3.05) is 31.9 Å². The molecule has 12 aromatic carbocycles. The van der Waals surface area contributed by atoms with E-state index in [4.69, 9.17) is 17.5 Å². The van der Waals surface area contributed by atoms with Gasteiger partial charge >= 0.3 is 10.4 Å². The smallest absolute Gasteiger partial charge is 0.356 e. The van der Waals surface area contributed by atoms with Crippen molar-refractivity contribution >= 4 is 78.6 Å². The van der Waals surface area contributed by atoms with Crippen LogP contribution in [0.4, 0.5) is 68.2 Å². The maximum absolute atomic E-state index is 8.74. The van der Waals surface area contributed by atoms with Crippen LogP contribution in [-0.4, -0.2) is 17.5 Å². The third-order valence-corrected chi connectivity index (χ3v) is 15.3. The molecule has 12 rings (SSSR count). The molecule has 0 spiro atoms. The summed E-state index contributed by atoms with van der Waals surface area (Å²) >= 11 is 0. The highest BCUT2D eigenvalue weighted by Crippen LogP contribution is 2.37. The minimum Gasteiger partial charge on any atom is -0.356 e. The lowest BCUT2D eigenvalue weighted by Gasteiger charge is -2.21. The molecule has 0 aliphatic carbocycles. The molecule has 0 unspecified atom stereocenters. The number of aryl methyl sites for hydroxylation is 6. The van der Waals surface area contributed by atoms with Crippen molar-refractivity contribution < 1.29 is 17.5 Å². The first-order valence-corrected chi connectivity index (χ1v) is 31.7. The van der Waals surface area contributed by atoms with Gasteiger partial charge in [0.15, 0.2) is 0 Å². The molecule has 12 aromatic rings. The molecule has 0 aromatic heterocycles. The lowest BCUT2D eigenvalue weighted by Crippen LogP contribution is -2.04. The quantitative estimate of drug-likeness (QED) is 0.0309. The van der Waals surface area contributed by atoms with Gasteiger partial charge in [-0.15, -0.1) is 0 Å². The summed E-state index contributed by atoms with van der Waals surface area (Å²) in [4.78, 5) is 0. The summed E-state index contributed by atoms with van der Waals surface area (Å²) in [6.07, 6.45) is 0. The topological polar surface area (TPSA) is 147 Å². The minimum absolute atomic E-state index is 0.0917. The van der Waals surface area contributed by atoms with Crippen LogP contribution in [0.3, 0.4) is 0 Å². The predicted molar refractivity (Wildman–Crippen MR) is 381 cm³/mol. The van der Waals surface area contributed by atoms with Gasteiger partial charge in [-0.05, 0) is 254 Å². The van der Waals surface area contributed by atoms with Crippen molar-refractivity contribution in [3.05, 3.63) is 358 Å². The molecule has 0 amide bonds. The molecule has 11 heteroatoms. The van der Waals surface area contributed by atoms with Gasteiger partial charge in [0.25, 0.3) is 0 Å². The number of anilines is 12. The van der Waals surface area contributed by atoms with Crippen molar-refractivity contribution in [2.45, 2.75) is 53.4 Å². The van der Waals surface area contributed by atoms with E-state index >= 15 is 0 Å². The van der Waals surface area contributed by atoms with Crippen LogP contribution in [0.1, 0.15) is 78.6 Å². The number of hydrogen-bond acceptors (Lipinski definition) is 8. The van der Waals surface area contributed by atoms with Crippen LogP contribution in [0.5, 0.6) is 0 Å². The Morgan fingerprint density at radius 3 is 0.473 bits per heavy atom. The SMILES string of the molecule is Cc1cccc(Nc2ccc(C(c3ccc(Nc4cccc(C)c4)cc3)c3ccc(Nc4cccc(C)c4)cc3)cc2)c1.Cc1cccc(Nc2ccc(C(c3ccc(Nc4cccc(C)c4)cc3)c3ccc(Nc4cccc(C)c4)cc3)cc2)c1.O=S(=O)(O)O. The van der Waals surface area contributed by atoms with E-state index in [1.54, 1.807) is 0 Å². The van der Waals surface area contributed by atoms with Gasteiger partial charge in [-0.1, -0.05) is 146 Å². The number of hydrogen-bond donors (Lipinski definition) is 8. The van der Waals surface area contributed by atoms with Gasteiger partial charge in [0.2, 0.25) is 0 Å². The molecule has 0 saturated carbocycles. The Balaban J connectivity index is 0.000000186. The average Bonchev–Trinajstić information content (AvgIpc) is 3.16. The Bertz CT molecular complexity index is 3730. The maximum atomic E-state index is 8.74. The van der Waals surface area contributed by atoms with Gasteiger partial charge in [0.1, 0.15) is 0 Å². The Morgan fingerprint density at radius 2 is 0.352 bits per heavy atom. The second-order valence-electron chi connectivity index (χ2n) is 23.0. The van der Waals surface area contributed by atoms with Crippen molar-refractivity contribution in [3.63, 3.8) is 0 Å². The van der Waals surface area contributed by atoms with Crippen molar-refractivity contribution in [1.29, 1.82) is 0 Å². The molecule has 8 N–H and O–H groups in total. The van der Waals surface area contributed by atoms with E-state index in [1.807, 2.05) is 0 Å². The number of benzene rings is 12. The molecule has 91 heavy (non-hydrogen) atoms. The third-order valence-electron chi connectivity index (χ3n) is 15.3. The highest BCUT2D eigenvalue weighted by Gasteiger charge is 2.20. The van der Waals surface area contributed by atoms with Crippen LogP contribution in [0.2, 0.25) is 0 Å². The van der Waals surface area contributed by atoms with E-state index in [-0.39, 0.29) is 11.8 Å². The van der Waals surface area contributed by atoms with E-state index in [0.717, 1.165) is 68.2 Å². The second kappa shape index (κ2) is 30.0. The van der Waals surface area contributed by atoms with Crippen molar-refractivity contribution in [2.24, 2.45) is 0 Å². The second-order valence-corrected chi connectivity index (χ2v) is 23.9. The van der Waals surface area contributed by atoms with Crippen LogP contribution in [0.25, 0.3) is 0 Å². The van der Waals surface area contributed by atoms with Gasteiger partial charge in [0.05, 0.1) is 0 Å². The predicted octanol–water partition coefficient (Wildman–Crippen LogP) is 21.4. The van der Waals surface area contributed by atoms with Gasteiger partial charge in [-0.3, -0.25) is 9.11 Å². The fourth-order valence-corrected chi connectivity index (χ4v) is 11.0. The molecule has 10 nitrogen and oxygen atoms in total. The molecular formula is C80H76N6O4S. The fourth-order valence-electron chi connectivity index (χ4n) is 11.0. The molecule has 0 atom stereocenters. The summed E-state index contributed by atoms with van der Waals surface area (Å²) in [5.41, 5.74) is 27.9. The molecule has 0 fully saturated rings. The third kappa shape index (κ3) is 19.2. The first-order chi connectivity index (χ1) is 44.0. The van der Waals surface area contributed by atoms with E-state index < -0.39 is 10.4 Å². The number of rotatable bonds is 18. The minimum atomic E-state index is -4.67. The van der Waals surface area contributed by atoms with Crippen LogP contribution in [0, 0.1) is 41.5 Å². The van der Waals surface area contributed by atoms with E-state index in [9.17, 15) is 0 Å². The zero-order valence-electron chi connectivity index (χ0n) is 52.0. The first-order valence-electron chi connectivity index (χ1n) is 30.3. The van der Waals surface area contributed by atoms with E-state index in [2.05, 4.69) is 365 Å². The molecule has 0 radical (unpaired) electrons. The summed E-state index contributed by atoms with van der Waals surface area (Å²) in [6, 6.07) is 104. The summed E-state index contributed by atoms with van der Waals surface area (Å²) in [6.45, 7) is 12.7. The lowest BCUT2D eigenvalue weighted by atomic mass is 9.85. The Labute approximate surface area is 536 Å². The highest BCUT2D eigenvalue weighted by molar-refractivity contribution is 7.79. The van der Waals surface area contributed by atoms with Crippen molar-refractivity contribution in [1.82, 2.24) is 0 Å². The van der Waals surface area contributed by atoms with Gasteiger partial charge < -0.3 is 31.9 Å². The van der Waals surface area contributed by atoms with Crippen LogP contribution >= 0.6 is 0 Å². The molecule has 0 heterocycles. The molecule has 456 valence electrons. The van der Waals surface area contributed by atoms with E-state index in [0.29, 0.717) is 0 Å². The molecule has 0 saturated heterocycles. The van der Waals surface area contributed by atoms with Crippen LogP contribution in [0.15, 0.2) is 291 Å². The number of nitrogens with one attached hydrogen (secondary N) is 6. The lowest BCUT2D eigenvalue weighted by molar-refractivity contribution is 0.381. The van der Waals surface area contributed by atoms with Gasteiger partial charge in [-0.2, -0.15) is 8.42 Å². The van der Waals surface area contributed by atoms with Gasteiger partial charge in [0, 0.05) is 80.1 Å². The molecular weight excluding hydrogens is 1140 g/mol. The normalized spacial score (nSPS) is 10.9. The Morgan fingerprint density at radius 1 is 0.220 bits per heavy atom. The largest absolute Gasteiger partial charge is 0.394 e.